The second-order valence-electron chi connectivity index (χ2n) is 6.12. The number of hydrogen-bond acceptors (Lipinski definition) is 7. The van der Waals surface area contributed by atoms with Crippen LogP contribution in [0.4, 0.5) is 5.69 Å². The molecule has 2 aromatic carbocycles. The van der Waals surface area contributed by atoms with Crippen molar-refractivity contribution in [3.8, 4) is 23.0 Å². The van der Waals surface area contributed by atoms with Gasteiger partial charge in [0.2, 0.25) is 16.9 Å². The molecular weight excluding hydrogens is 390 g/mol. The van der Waals surface area contributed by atoms with E-state index in [-0.39, 0.29) is 18.1 Å². The van der Waals surface area contributed by atoms with E-state index in [4.69, 9.17) is 23.4 Å². The number of methoxy groups -OCH3 is 3. The zero-order chi connectivity index (χ0) is 21.5. The first-order chi connectivity index (χ1) is 14.5. The van der Waals surface area contributed by atoms with Gasteiger partial charge in [0.15, 0.2) is 17.3 Å². The largest absolute Gasteiger partial charge is 0.493 e. The normalized spacial score (nSPS) is 10.2. The van der Waals surface area contributed by atoms with Crippen LogP contribution in [0.1, 0.15) is 16.1 Å². The molecule has 0 fully saturated rings. The van der Waals surface area contributed by atoms with Gasteiger partial charge in [-0.1, -0.05) is 30.3 Å². The molecule has 3 rings (SSSR count). The van der Waals surface area contributed by atoms with E-state index in [9.17, 15) is 9.59 Å². The molecule has 0 aliphatic rings. The van der Waals surface area contributed by atoms with Crippen molar-refractivity contribution in [1.29, 1.82) is 0 Å². The molecule has 0 atom stereocenters. The quantitative estimate of drug-likeness (QED) is 0.606. The van der Waals surface area contributed by atoms with E-state index < -0.39 is 11.3 Å². The van der Waals surface area contributed by atoms with Gasteiger partial charge in [-0.3, -0.25) is 9.59 Å². The van der Waals surface area contributed by atoms with Crippen molar-refractivity contribution in [2.24, 2.45) is 0 Å². The number of hydrogen-bond donors (Lipinski definition) is 1. The summed E-state index contributed by atoms with van der Waals surface area (Å²) in [5, 5.41) is 2.64. The SMILES string of the molecule is COc1cc(NC(=O)c2cc(=O)c(OCc3ccccc3)co2)cc(OC)c1OC. The molecule has 0 unspecified atom stereocenters. The first-order valence-electron chi connectivity index (χ1n) is 8.96. The number of anilines is 1. The van der Waals surface area contributed by atoms with Crippen LogP contribution in [-0.4, -0.2) is 27.2 Å². The van der Waals surface area contributed by atoms with E-state index in [1.807, 2.05) is 30.3 Å². The summed E-state index contributed by atoms with van der Waals surface area (Å²) >= 11 is 0. The summed E-state index contributed by atoms with van der Waals surface area (Å²) in [4.78, 5) is 24.8. The highest BCUT2D eigenvalue weighted by atomic mass is 16.5. The third-order valence-corrected chi connectivity index (χ3v) is 4.18. The lowest BCUT2D eigenvalue weighted by Crippen LogP contribution is -2.16. The van der Waals surface area contributed by atoms with Crippen LogP contribution in [0.15, 0.2) is 64.0 Å². The van der Waals surface area contributed by atoms with E-state index >= 15 is 0 Å². The smallest absolute Gasteiger partial charge is 0.291 e. The Morgan fingerprint density at radius 2 is 1.60 bits per heavy atom. The number of carbonyl (C=O) groups is 1. The van der Waals surface area contributed by atoms with Gasteiger partial charge in [-0.2, -0.15) is 0 Å². The Hall–Kier alpha value is -3.94. The highest BCUT2D eigenvalue weighted by Gasteiger charge is 2.17. The average molecular weight is 411 g/mol. The van der Waals surface area contributed by atoms with Gasteiger partial charge < -0.3 is 28.7 Å². The lowest BCUT2D eigenvalue weighted by Gasteiger charge is -2.14. The van der Waals surface area contributed by atoms with Crippen LogP contribution in [0.2, 0.25) is 0 Å². The fraction of sp³-hybridized carbons (Fsp3) is 0.182. The van der Waals surface area contributed by atoms with Gasteiger partial charge in [-0.15, -0.1) is 0 Å². The van der Waals surface area contributed by atoms with Crippen LogP contribution in [0.25, 0.3) is 0 Å². The zero-order valence-corrected chi connectivity index (χ0v) is 16.8. The molecule has 0 saturated carbocycles. The third-order valence-electron chi connectivity index (χ3n) is 4.18. The second kappa shape index (κ2) is 9.51. The van der Waals surface area contributed by atoms with Crippen molar-refractivity contribution in [2.45, 2.75) is 6.61 Å². The van der Waals surface area contributed by atoms with Crippen molar-refractivity contribution in [1.82, 2.24) is 0 Å². The average Bonchev–Trinajstić information content (AvgIpc) is 2.78. The van der Waals surface area contributed by atoms with Gasteiger partial charge in [0.05, 0.1) is 21.3 Å². The minimum atomic E-state index is -0.615. The molecule has 8 nitrogen and oxygen atoms in total. The Bertz CT molecular complexity index is 1050. The number of carbonyl (C=O) groups excluding carboxylic acids is 1. The summed E-state index contributed by atoms with van der Waals surface area (Å²) in [5.41, 5.74) is 0.815. The molecule has 0 bridgehead atoms. The molecule has 8 heteroatoms. The summed E-state index contributed by atoms with van der Waals surface area (Å²) in [6.07, 6.45) is 1.12. The predicted octanol–water partition coefficient (Wildman–Crippen LogP) is 3.50. The maximum absolute atomic E-state index is 12.5. The third kappa shape index (κ3) is 4.72. The van der Waals surface area contributed by atoms with Crippen LogP contribution >= 0.6 is 0 Å². The Balaban J connectivity index is 1.74. The fourth-order valence-electron chi connectivity index (χ4n) is 2.70. The number of benzene rings is 2. The van der Waals surface area contributed by atoms with Crippen LogP contribution < -0.4 is 29.7 Å². The molecular formula is C22H21NO7. The maximum Gasteiger partial charge on any atom is 0.291 e. The van der Waals surface area contributed by atoms with Crippen molar-refractivity contribution in [3.05, 3.63) is 76.3 Å². The molecule has 1 heterocycles. The first-order valence-corrected chi connectivity index (χ1v) is 8.96. The maximum atomic E-state index is 12.5. The topological polar surface area (TPSA) is 96.2 Å². The van der Waals surface area contributed by atoms with Crippen molar-refractivity contribution in [2.75, 3.05) is 26.6 Å². The monoisotopic (exact) mass is 411 g/mol. The van der Waals surface area contributed by atoms with Gasteiger partial charge in [0.25, 0.3) is 5.91 Å². The number of ether oxygens (including phenoxy) is 4. The lowest BCUT2D eigenvalue weighted by molar-refractivity contribution is 0.0993. The molecule has 1 aromatic heterocycles. The predicted molar refractivity (Wildman–Crippen MR) is 110 cm³/mol. The molecule has 1 amide bonds. The van der Waals surface area contributed by atoms with Gasteiger partial charge in [-0.05, 0) is 5.56 Å². The van der Waals surface area contributed by atoms with Crippen LogP contribution in [0.3, 0.4) is 0 Å². The summed E-state index contributed by atoms with van der Waals surface area (Å²) < 4.78 is 26.5. The van der Waals surface area contributed by atoms with Gasteiger partial charge >= 0.3 is 0 Å². The van der Waals surface area contributed by atoms with E-state index in [0.29, 0.717) is 22.9 Å². The Kier molecular flexibility index (Phi) is 6.59. The molecule has 30 heavy (non-hydrogen) atoms. The standard InChI is InChI=1S/C22H21NO7/c1-26-17-9-15(10-18(27-2)21(17)28-3)23-22(25)19-11-16(24)20(13-30-19)29-12-14-7-5-4-6-8-14/h4-11,13H,12H2,1-3H3,(H,23,25). The van der Waals surface area contributed by atoms with Crippen LogP contribution in [-0.2, 0) is 6.61 Å². The second-order valence-corrected chi connectivity index (χ2v) is 6.12. The molecule has 156 valence electrons. The van der Waals surface area contributed by atoms with Crippen LogP contribution in [0, 0.1) is 0 Å². The Labute approximate surface area is 173 Å². The van der Waals surface area contributed by atoms with E-state index in [1.54, 1.807) is 12.1 Å². The number of nitrogens with one attached hydrogen (secondary N) is 1. The molecule has 1 N–H and O–H groups in total. The fourth-order valence-corrected chi connectivity index (χ4v) is 2.70. The van der Waals surface area contributed by atoms with Crippen molar-refractivity contribution < 1.29 is 28.2 Å². The molecule has 0 saturated heterocycles. The minimum Gasteiger partial charge on any atom is -0.493 e. The molecule has 3 aromatic rings. The van der Waals surface area contributed by atoms with Crippen LogP contribution in [0.5, 0.6) is 23.0 Å². The number of rotatable bonds is 8. The van der Waals surface area contributed by atoms with Crippen molar-refractivity contribution >= 4 is 11.6 Å². The highest BCUT2D eigenvalue weighted by Crippen LogP contribution is 2.40. The molecule has 0 radical (unpaired) electrons. The lowest BCUT2D eigenvalue weighted by atomic mass is 10.2. The molecule has 0 spiro atoms. The highest BCUT2D eigenvalue weighted by molar-refractivity contribution is 6.02. The number of amides is 1. The van der Waals surface area contributed by atoms with Crippen molar-refractivity contribution in [3.63, 3.8) is 0 Å². The molecule has 0 aliphatic heterocycles. The van der Waals surface area contributed by atoms with E-state index in [1.165, 1.54) is 21.3 Å². The summed E-state index contributed by atoms with van der Waals surface area (Å²) in [6, 6.07) is 13.6. The molecule has 0 aliphatic carbocycles. The van der Waals surface area contributed by atoms with Gasteiger partial charge in [0, 0.05) is 23.9 Å². The summed E-state index contributed by atoms with van der Waals surface area (Å²) in [7, 11) is 4.42. The summed E-state index contributed by atoms with van der Waals surface area (Å²) in [6.45, 7) is 0.211. The van der Waals surface area contributed by atoms with E-state index in [0.717, 1.165) is 17.9 Å². The zero-order valence-electron chi connectivity index (χ0n) is 16.8. The van der Waals surface area contributed by atoms with E-state index in [2.05, 4.69) is 5.32 Å². The minimum absolute atomic E-state index is 0.0168. The first kappa shape index (κ1) is 20.8. The van der Waals surface area contributed by atoms with Gasteiger partial charge in [-0.25, -0.2) is 0 Å². The van der Waals surface area contributed by atoms with Gasteiger partial charge in [0.1, 0.15) is 12.9 Å². The summed E-state index contributed by atoms with van der Waals surface area (Å²) in [5.74, 6) is 0.376. The Morgan fingerprint density at radius 1 is 0.933 bits per heavy atom. The Morgan fingerprint density at radius 3 is 2.17 bits per heavy atom.